The summed E-state index contributed by atoms with van der Waals surface area (Å²) in [6.07, 6.45) is 3.19. The van der Waals surface area contributed by atoms with E-state index in [0.29, 0.717) is 11.3 Å². The number of thiazole rings is 1. The Morgan fingerprint density at radius 2 is 2.05 bits per heavy atom. The van der Waals surface area contributed by atoms with E-state index in [1.807, 2.05) is 5.38 Å². The van der Waals surface area contributed by atoms with Crippen molar-refractivity contribution in [3.63, 3.8) is 0 Å². The molecule has 0 amide bonds. The Labute approximate surface area is 119 Å². The number of nitrogens with one attached hydrogen (secondary N) is 1. The van der Waals surface area contributed by atoms with Crippen molar-refractivity contribution < 1.29 is 8.78 Å². The zero-order chi connectivity index (χ0) is 13.9. The van der Waals surface area contributed by atoms with Crippen LogP contribution in [0.25, 0.3) is 11.3 Å². The molecule has 1 N–H and O–H groups in total. The van der Waals surface area contributed by atoms with Crippen LogP contribution in [0.3, 0.4) is 0 Å². The van der Waals surface area contributed by atoms with Gasteiger partial charge in [0.05, 0.1) is 5.69 Å². The Hall–Kier alpha value is -1.82. The zero-order valence-corrected chi connectivity index (χ0v) is 11.5. The minimum absolute atomic E-state index is 0.568. The van der Waals surface area contributed by atoms with E-state index in [1.54, 1.807) is 0 Å². The second kappa shape index (κ2) is 5.66. The van der Waals surface area contributed by atoms with Gasteiger partial charge in [-0.05, 0) is 31.0 Å². The van der Waals surface area contributed by atoms with Crippen LogP contribution in [-0.2, 0) is 0 Å². The molecule has 3 nitrogen and oxygen atoms in total. The summed E-state index contributed by atoms with van der Waals surface area (Å²) in [6.45, 7) is 0.851. The van der Waals surface area contributed by atoms with Gasteiger partial charge in [-0.25, -0.2) is 13.8 Å². The fourth-order valence-corrected chi connectivity index (χ4v) is 2.78. The number of nitrogens with zero attached hydrogens (tertiary/aromatic N) is 2. The lowest BCUT2D eigenvalue weighted by Gasteiger charge is -2.11. The van der Waals surface area contributed by atoms with Crippen molar-refractivity contribution in [2.24, 2.45) is 4.99 Å². The zero-order valence-electron chi connectivity index (χ0n) is 10.7. The fourth-order valence-electron chi connectivity index (χ4n) is 2.04. The number of rotatable bonds is 2. The Balaban J connectivity index is 1.79. The molecular weight excluding hydrogens is 280 g/mol. The third-order valence-corrected chi connectivity index (χ3v) is 3.85. The molecule has 1 aromatic heterocycles. The molecular formula is C14H13F2N3S. The van der Waals surface area contributed by atoms with Crippen LogP contribution in [0.4, 0.5) is 13.9 Å². The van der Waals surface area contributed by atoms with Crippen molar-refractivity contribution in [2.75, 3.05) is 11.9 Å². The number of anilines is 1. The first kappa shape index (κ1) is 13.2. The predicted octanol–water partition coefficient (Wildman–Crippen LogP) is 4.08. The highest BCUT2D eigenvalue weighted by Crippen LogP contribution is 2.26. The molecule has 0 atom stereocenters. The number of amidine groups is 1. The highest BCUT2D eigenvalue weighted by molar-refractivity contribution is 7.14. The first-order valence-electron chi connectivity index (χ1n) is 6.44. The van der Waals surface area contributed by atoms with Gasteiger partial charge in [-0.15, -0.1) is 11.3 Å². The number of aliphatic imine (C=N–C) groups is 1. The van der Waals surface area contributed by atoms with Crippen LogP contribution < -0.4 is 5.32 Å². The first-order chi connectivity index (χ1) is 9.72. The summed E-state index contributed by atoms with van der Waals surface area (Å²) in [4.78, 5) is 8.78. The van der Waals surface area contributed by atoms with E-state index in [0.717, 1.165) is 48.9 Å². The molecule has 0 aliphatic carbocycles. The molecule has 0 fully saturated rings. The third-order valence-electron chi connectivity index (χ3n) is 3.10. The van der Waals surface area contributed by atoms with Gasteiger partial charge in [0, 0.05) is 23.9 Å². The van der Waals surface area contributed by atoms with Gasteiger partial charge in [-0.3, -0.25) is 4.99 Å². The van der Waals surface area contributed by atoms with Crippen LogP contribution in [0.2, 0.25) is 0 Å². The SMILES string of the molecule is Fc1ccc(-c2csc(NC3=NCCCC3)n2)cc1F. The van der Waals surface area contributed by atoms with E-state index < -0.39 is 11.6 Å². The van der Waals surface area contributed by atoms with Gasteiger partial charge >= 0.3 is 0 Å². The van der Waals surface area contributed by atoms with Gasteiger partial charge in [0.25, 0.3) is 0 Å². The molecule has 2 aromatic rings. The molecule has 1 aliphatic rings. The van der Waals surface area contributed by atoms with Gasteiger partial charge in [0.1, 0.15) is 5.84 Å². The Kier molecular flexibility index (Phi) is 3.73. The molecule has 0 spiro atoms. The minimum atomic E-state index is -0.860. The molecule has 20 heavy (non-hydrogen) atoms. The van der Waals surface area contributed by atoms with E-state index in [1.165, 1.54) is 17.4 Å². The van der Waals surface area contributed by atoms with Gasteiger partial charge < -0.3 is 5.32 Å². The maximum absolute atomic E-state index is 13.2. The number of benzene rings is 1. The van der Waals surface area contributed by atoms with Crippen molar-refractivity contribution in [1.29, 1.82) is 0 Å². The summed E-state index contributed by atoms with van der Waals surface area (Å²) in [6, 6.07) is 3.80. The van der Waals surface area contributed by atoms with Crippen LogP contribution in [0.5, 0.6) is 0 Å². The molecule has 0 saturated carbocycles. The Bertz CT molecular complexity index is 652. The maximum atomic E-state index is 13.2. The van der Waals surface area contributed by atoms with E-state index in [4.69, 9.17) is 0 Å². The Morgan fingerprint density at radius 3 is 2.80 bits per heavy atom. The average molecular weight is 293 g/mol. The molecule has 0 bridgehead atoms. The van der Waals surface area contributed by atoms with Crippen molar-refractivity contribution in [1.82, 2.24) is 4.98 Å². The normalized spacial score (nSPS) is 15.0. The van der Waals surface area contributed by atoms with E-state index in [2.05, 4.69) is 15.3 Å². The molecule has 6 heteroatoms. The van der Waals surface area contributed by atoms with Gasteiger partial charge in [0.2, 0.25) is 0 Å². The fraction of sp³-hybridized carbons (Fsp3) is 0.286. The highest BCUT2D eigenvalue weighted by atomic mass is 32.1. The smallest absolute Gasteiger partial charge is 0.188 e. The van der Waals surface area contributed by atoms with Crippen molar-refractivity contribution in [2.45, 2.75) is 19.3 Å². The number of hydrogen-bond donors (Lipinski definition) is 1. The highest BCUT2D eigenvalue weighted by Gasteiger charge is 2.10. The lowest BCUT2D eigenvalue weighted by atomic mass is 10.2. The van der Waals surface area contributed by atoms with E-state index in [9.17, 15) is 8.78 Å². The van der Waals surface area contributed by atoms with Crippen molar-refractivity contribution in [3.8, 4) is 11.3 Å². The summed E-state index contributed by atoms with van der Waals surface area (Å²) in [5, 5.41) is 5.73. The van der Waals surface area contributed by atoms with Crippen molar-refractivity contribution in [3.05, 3.63) is 35.2 Å². The summed E-state index contributed by atoms with van der Waals surface area (Å²) in [5.41, 5.74) is 1.20. The second-order valence-electron chi connectivity index (χ2n) is 4.58. The van der Waals surface area contributed by atoms with Crippen LogP contribution in [-0.4, -0.2) is 17.4 Å². The molecule has 104 valence electrons. The number of hydrogen-bond acceptors (Lipinski definition) is 4. The summed E-state index contributed by atoms with van der Waals surface area (Å²) < 4.78 is 26.1. The van der Waals surface area contributed by atoms with Crippen LogP contribution in [0, 0.1) is 11.6 Å². The first-order valence-corrected chi connectivity index (χ1v) is 7.31. The average Bonchev–Trinajstić information content (AvgIpc) is 2.91. The summed E-state index contributed by atoms with van der Waals surface area (Å²) >= 11 is 1.43. The predicted molar refractivity (Wildman–Crippen MR) is 77.2 cm³/mol. The topological polar surface area (TPSA) is 37.3 Å². The maximum Gasteiger partial charge on any atom is 0.188 e. The Morgan fingerprint density at radius 1 is 1.15 bits per heavy atom. The van der Waals surface area contributed by atoms with Gasteiger partial charge in [0.15, 0.2) is 16.8 Å². The molecule has 2 heterocycles. The van der Waals surface area contributed by atoms with E-state index >= 15 is 0 Å². The largest absolute Gasteiger partial charge is 0.320 e. The molecule has 0 radical (unpaired) electrons. The summed E-state index contributed by atoms with van der Waals surface area (Å²) in [5.74, 6) is -0.761. The molecule has 0 saturated heterocycles. The summed E-state index contributed by atoms with van der Waals surface area (Å²) in [7, 11) is 0. The quantitative estimate of drug-likeness (QED) is 0.905. The van der Waals surface area contributed by atoms with Gasteiger partial charge in [-0.1, -0.05) is 0 Å². The standard InChI is InChI=1S/C14H13F2N3S/c15-10-5-4-9(7-11(10)16)12-8-20-14(18-12)19-13-3-1-2-6-17-13/h4-5,7-8H,1-3,6H2,(H,17,18,19). The molecule has 1 aliphatic heterocycles. The van der Waals surface area contributed by atoms with E-state index in [-0.39, 0.29) is 0 Å². The molecule has 0 unspecified atom stereocenters. The van der Waals surface area contributed by atoms with Crippen molar-refractivity contribution >= 4 is 22.3 Å². The molecule has 1 aromatic carbocycles. The molecule has 3 rings (SSSR count). The minimum Gasteiger partial charge on any atom is -0.320 e. The van der Waals surface area contributed by atoms with Gasteiger partial charge in [-0.2, -0.15) is 0 Å². The van der Waals surface area contributed by atoms with Crippen LogP contribution >= 0.6 is 11.3 Å². The third kappa shape index (κ3) is 2.85. The van der Waals surface area contributed by atoms with Crippen LogP contribution in [0.1, 0.15) is 19.3 Å². The number of halogens is 2. The lowest BCUT2D eigenvalue weighted by molar-refractivity contribution is 0.509. The monoisotopic (exact) mass is 293 g/mol. The second-order valence-corrected chi connectivity index (χ2v) is 5.44. The lowest BCUT2D eigenvalue weighted by Crippen LogP contribution is -2.15. The number of aromatic nitrogens is 1. The van der Waals surface area contributed by atoms with Crippen LogP contribution in [0.15, 0.2) is 28.6 Å².